The van der Waals surface area contributed by atoms with Crippen LogP contribution in [0.5, 0.6) is 0 Å². The third kappa shape index (κ3) is 1.86. The van der Waals surface area contributed by atoms with Gasteiger partial charge >= 0.3 is 0 Å². The standard InChI is InChI=1S/C13H20N2O/c1-9-7-11(10(2)15(9)4)8-13(3)6-5-12(16)14-13/h7H,5-6,8H2,1-4H3,(H,14,16). The van der Waals surface area contributed by atoms with Crippen LogP contribution in [0.2, 0.25) is 0 Å². The Kier molecular flexibility index (Phi) is 2.56. The lowest BCUT2D eigenvalue weighted by atomic mass is 9.91. The number of nitrogens with zero attached hydrogens (tertiary/aromatic N) is 1. The Balaban J connectivity index is 2.21. The van der Waals surface area contributed by atoms with Crippen molar-refractivity contribution in [1.29, 1.82) is 0 Å². The predicted octanol–water partition coefficient (Wildman–Crippen LogP) is 1.85. The average Bonchev–Trinajstić information content (AvgIpc) is 2.64. The van der Waals surface area contributed by atoms with Crippen LogP contribution in [-0.4, -0.2) is 16.0 Å². The Hall–Kier alpha value is -1.25. The van der Waals surface area contributed by atoms with Crippen LogP contribution in [0.3, 0.4) is 0 Å². The maximum absolute atomic E-state index is 11.3. The van der Waals surface area contributed by atoms with Crippen molar-refractivity contribution in [3.63, 3.8) is 0 Å². The largest absolute Gasteiger partial charge is 0.352 e. The van der Waals surface area contributed by atoms with Crippen molar-refractivity contribution < 1.29 is 4.79 Å². The van der Waals surface area contributed by atoms with E-state index in [1.54, 1.807) is 0 Å². The predicted molar refractivity (Wildman–Crippen MR) is 64.4 cm³/mol. The maximum atomic E-state index is 11.3. The second-order valence-corrected chi connectivity index (χ2v) is 5.24. The Morgan fingerprint density at radius 2 is 2.19 bits per heavy atom. The molecule has 0 aliphatic carbocycles. The second kappa shape index (κ2) is 3.65. The first-order chi connectivity index (χ1) is 7.41. The van der Waals surface area contributed by atoms with Crippen molar-refractivity contribution in [2.24, 2.45) is 7.05 Å². The number of nitrogens with one attached hydrogen (secondary N) is 1. The summed E-state index contributed by atoms with van der Waals surface area (Å²) in [5, 5.41) is 3.09. The zero-order valence-corrected chi connectivity index (χ0v) is 10.6. The van der Waals surface area contributed by atoms with Crippen LogP contribution in [0, 0.1) is 13.8 Å². The molecule has 0 radical (unpaired) electrons. The Labute approximate surface area is 96.8 Å². The van der Waals surface area contributed by atoms with E-state index in [1.165, 1.54) is 17.0 Å². The van der Waals surface area contributed by atoms with Crippen molar-refractivity contribution in [1.82, 2.24) is 9.88 Å². The Morgan fingerprint density at radius 1 is 1.50 bits per heavy atom. The molecule has 2 rings (SSSR count). The maximum Gasteiger partial charge on any atom is 0.220 e. The molecule has 0 saturated carbocycles. The minimum Gasteiger partial charge on any atom is -0.352 e. The zero-order valence-electron chi connectivity index (χ0n) is 10.6. The van der Waals surface area contributed by atoms with Gasteiger partial charge in [-0.15, -0.1) is 0 Å². The summed E-state index contributed by atoms with van der Waals surface area (Å²) in [6.45, 7) is 6.40. The SMILES string of the molecule is Cc1cc(CC2(C)CCC(=O)N2)c(C)n1C. The fourth-order valence-electron chi connectivity index (χ4n) is 2.52. The topological polar surface area (TPSA) is 34.0 Å². The molecule has 1 atom stereocenters. The number of amides is 1. The molecule has 0 spiro atoms. The van der Waals surface area contributed by atoms with E-state index in [2.05, 4.69) is 43.8 Å². The molecule has 1 aliphatic rings. The average molecular weight is 220 g/mol. The Morgan fingerprint density at radius 3 is 2.62 bits per heavy atom. The first kappa shape index (κ1) is 11.2. The minimum absolute atomic E-state index is 0.0460. The third-order valence-electron chi connectivity index (χ3n) is 3.81. The van der Waals surface area contributed by atoms with Crippen LogP contribution >= 0.6 is 0 Å². The summed E-state index contributed by atoms with van der Waals surface area (Å²) in [5.41, 5.74) is 3.89. The molecule has 1 unspecified atom stereocenters. The molecule has 1 N–H and O–H groups in total. The number of hydrogen-bond donors (Lipinski definition) is 1. The van der Waals surface area contributed by atoms with Crippen molar-refractivity contribution >= 4 is 5.91 Å². The lowest BCUT2D eigenvalue weighted by Gasteiger charge is -2.23. The lowest BCUT2D eigenvalue weighted by molar-refractivity contribution is -0.119. The van der Waals surface area contributed by atoms with Gasteiger partial charge < -0.3 is 9.88 Å². The third-order valence-corrected chi connectivity index (χ3v) is 3.81. The highest BCUT2D eigenvalue weighted by molar-refractivity contribution is 5.79. The van der Waals surface area contributed by atoms with Gasteiger partial charge in [0.15, 0.2) is 0 Å². The molecule has 88 valence electrons. The first-order valence-electron chi connectivity index (χ1n) is 5.84. The fourth-order valence-corrected chi connectivity index (χ4v) is 2.52. The second-order valence-electron chi connectivity index (χ2n) is 5.24. The monoisotopic (exact) mass is 220 g/mol. The van der Waals surface area contributed by atoms with Crippen molar-refractivity contribution in [3.8, 4) is 0 Å². The number of rotatable bonds is 2. The van der Waals surface area contributed by atoms with Gasteiger partial charge in [-0.2, -0.15) is 0 Å². The normalized spacial score (nSPS) is 24.9. The summed E-state index contributed by atoms with van der Waals surface area (Å²) >= 11 is 0. The molecule has 0 aromatic carbocycles. The van der Waals surface area contributed by atoms with Crippen LogP contribution in [0.4, 0.5) is 0 Å². The van der Waals surface area contributed by atoms with E-state index >= 15 is 0 Å². The van der Waals surface area contributed by atoms with E-state index in [0.717, 1.165) is 12.8 Å². The molecule has 3 heteroatoms. The summed E-state index contributed by atoms with van der Waals surface area (Å²) in [7, 11) is 2.09. The summed E-state index contributed by atoms with van der Waals surface area (Å²) in [6, 6.07) is 2.23. The molecule has 1 aliphatic heterocycles. The number of carbonyl (C=O) groups excluding carboxylic acids is 1. The number of aryl methyl sites for hydroxylation is 1. The number of carbonyl (C=O) groups is 1. The molecule has 1 aromatic heterocycles. The van der Waals surface area contributed by atoms with E-state index in [0.29, 0.717) is 6.42 Å². The van der Waals surface area contributed by atoms with Gasteiger partial charge in [-0.05, 0) is 45.2 Å². The molecule has 2 heterocycles. The van der Waals surface area contributed by atoms with E-state index in [-0.39, 0.29) is 11.4 Å². The molecular weight excluding hydrogens is 200 g/mol. The van der Waals surface area contributed by atoms with Crippen LogP contribution in [-0.2, 0) is 18.3 Å². The van der Waals surface area contributed by atoms with Gasteiger partial charge in [0.1, 0.15) is 0 Å². The number of aromatic nitrogens is 1. The molecule has 1 fully saturated rings. The smallest absolute Gasteiger partial charge is 0.220 e. The van der Waals surface area contributed by atoms with Gasteiger partial charge in [0, 0.05) is 30.4 Å². The van der Waals surface area contributed by atoms with Gasteiger partial charge in [0.25, 0.3) is 0 Å². The molecule has 1 saturated heterocycles. The van der Waals surface area contributed by atoms with E-state index in [4.69, 9.17) is 0 Å². The van der Waals surface area contributed by atoms with Crippen LogP contribution < -0.4 is 5.32 Å². The lowest BCUT2D eigenvalue weighted by Crippen LogP contribution is -2.40. The number of hydrogen-bond acceptors (Lipinski definition) is 1. The van der Waals surface area contributed by atoms with Crippen LogP contribution in [0.1, 0.15) is 36.7 Å². The van der Waals surface area contributed by atoms with Gasteiger partial charge in [-0.1, -0.05) is 0 Å². The highest BCUT2D eigenvalue weighted by atomic mass is 16.2. The molecule has 16 heavy (non-hydrogen) atoms. The molecule has 3 nitrogen and oxygen atoms in total. The minimum atomic E-state index is -0.0460. The Bertz CT molecular complexity index is 433. The summed E-state index contributed by atoms with van der Waals surface area (Å²) in [4.78, 5) is 11.3. The van der Waals surface area contributed by atoms with Gasteiger partial charge in [-0.25, -0.2) is 0 Å². The molecule has 1 aromatic rings. The zero-order chi connectivity index (χ0) is 11.9. The van der Waals surface area contributed by atoms with Crippen LogP contribution in [0.25, 0.3) is 0 Å². The quantitative estimate of drug-likeness (QED) is 0.811. The van der Waals surface area contributed by atoms with Gasteiger partial charge in [0.05, 0.1) is 0 Å². The first-order valence-corrected chi connectivity index (χ1v) is 5.84. The van der Waals surface area contributed by atoms with Crippen LogP contribution in [0.15, 0.2) is 6.07 Å². The van der Waals surface area contributed by atoms with Crippen molar-refractivity contribution in [2.75, 3.05) is 0 Å². The van der Waals surface area contributed by atoms with E-state index in [1.807, 2.05) is 0 Å². The molecule has 1 amide bonds. The van der Waals surface area contributed by atoms with Crippen molar-refractivity contribution in [3.05, 3.63) is 23.0 Å². The summed E-state index contributed by atoms with van der Waals surface area (Å²) in [5.74, 6) is 0.188. The van der Waals surface area contributed by atoms with Crippen molar-refractivity contribution in [2.45, 2.75) is 45.6 Å². The molecular formula is C13H20N2O. The fraction of sp³-hybridized carbons (Fsp3) is 0.615. The van der Waals surface area contributed by atoms with E-state index < -0.39 is 0 Å². The van der Waals surface area contributed by atoms with Gasteiger partial charge in [0.2, 0.25) is 5.91 Å². The van der Waals surface area contributed by atoms with Gasteiger partial charge in [-0.3, -0.25) is 4.79 Å². The highest BCUT2D eigenvalue weighted by Crippen LogP contribution is 2.26. The molecule has 0 bridgehead atoms. The van der Waals surface area contributed by atoms with E-state index in [9.17, 15) is 4.79 Å². The summed E-state index contributed by atoms with van der Waals surface area (Å²) < 4.78 is 2.20. The highest BCUT2D eigenvalue weighted by Gasteiger charge is 2.33. The summed E-state index contributed by atoms with van der Waals surface area (Å²) in [6.07, 6.45) is 2.55.